The molecule has 1 fully saturated rings. The molecule has 0 amide bonds. The van der Waals surface area contributed by atoms with E-state index in [1.807, 2.05) is 0 Å². The summed E-state index contributed by atoms with van der Waals surface area (Å²) in [6.45, 7) is 0.187. The number of rotatable bonds is 3. The first-order valence-corrected chi connectivity index (χ1v) is 4.41. The minimum atomic E-state index is -1.32. The summed E-state index contributed by atoms with van der Waals surface area (Å²) in [5, 5.41) is 37.0. The van der Waals surface area contributed by atoms with Crippen LogP contribution in [0.25, 0.3) is 0 Å². The summed E-state index contributed by atoms with van der Waals surface area (Å²) in [4.78, 5) is 0. The van der Waals surface area contributed by atoms with E-state index in [9.17, 15) is 10.2 Å². The maximum atomic E-state index is 9.84. The molecule has 5 heteroatoms. The quantitative estimate of drug-likeness (QED) is 0.441. The van der Waals surface area contributed by atoms with E-state index in [0.29, 0.717) is 6.42 Å². The van der Waals surface area contributed by atoms with Crippen molar-refractivity contribution < 1.29 is 25.2 Å². The average molecular weight is 192 g/mol. The Kier molecular flexibility index (Phi) is 3.63. The van der Waals surface area contributed by atoms with Gasteiger partial charge in [0.05, 0.1) is 12.2 Å². The van der Waals surface area contributed by atoms with Crippen LogP contribution < -0.4 is 0 Å². The van der Waals surface area contributed by atoms with Crippen LogP contribution in [0.5, 0.6) is 0 Å². The number of hydrogen-bond acceptors (Lipinski definition) is 5. The summed E-state index contributed by atoms with van der Waals surface area (Å²) in [6.07, 6.45) is -1.65. The van der Waals surface area contributed by atoms with Gasteiger partial charge in [-0.2, -0.15) is 0 Å². The molecule has 4 N–H and O–H groups in total. The molecule has 0 spiro atoms. The fraction of sp³-hybridized carbons (Fsp3) is 1.00. The zero-order chi connectivity index (χ0) is 9.90. The molecule has 0 aromatic heterocycles. The van der Waals surface area contributed by atoms with E-state index in [0.717, 1.165) is 0 Å². The predicted molar refractivity (Wildman–Crippen MR) is 43.9 cm³/mol. The lowest BCUT2D eigenvalue weighted by molar-refractivity contribution is -0.257. The highest BCUT2D eigenvalue weighted by Crippen LogP contribution is 2.28. The van der Waals surface area contributed by atoms with Crippen molar-refractivity contribution in [1.82, 2.24) is 0 Å². The minimum Gasteiger partial charge on any atom is -0.396 e. The third kappa shape index (κ3) is 2.38. The van der Waals surface area contributed by atoms with Crippen LogP contribution in [0.15, 0.2) is 0 Å². The Bertz CT molecular complexity index is 163. The normalized spacial score (nSPS) is 40.6. The van der Waals surface area contributed by atoms with Crippen molar-refractivity contribution in [2.45, 2.75) is 37.3 Å². The van der Waals surface area contributed by atoms with Gasteiger partial charge in [-0.3, -0.25) is 0 Å². The van der Waals surface area contributed by atoms with Gasteiger partial charge in [0, 0.05) is 13.0 Å². The Morgan fingerprint density at radius 1 is 1.38 bits per heavy atom. The summed E-state index contributed by atoms with van der Waals surface area (Å²) < 4.78 is 4.75. The summed E-state index contributed by atoms with van der Waals surface area (Å²) in [6, 6.07) is 0. The molecule has 1 saturated heterocycles. The number of aliphatic hydroxyl groups is 4. The maximum Gasteiger partial charge on any atom is 0.183 e. The molecule has 0 aromatic rings. The molecule has 13 heavy (non-hydrogen) atoms. The lowest BCUT2D eigenvalue weighted by atomic mass is 9.86. The Morgan fingerprint density at radius 2 is 2.08 bits per heavy atom. The third-order valence-electron chi connectivity index (χ3n) is 2.41. The Balaban J connectivity index is 2.53. The second-order valence-corrected chi connectivity index (χ2v) is 3.39. The van der Waals surface area contributed by atoms with Crippen molar-refractivity contribution in [2.24, 2.45) is 0 Å². The average Bonchev–Trinajstić information content (AvgIpc) is 2.11. The van der Waals surface area contributed by atoms with Crippen molar-refractivity contribution in [3.05, 3.63) is 0 Å². The zero-order valence-electron chi connectivity index (χ0n) is 7.39. The molecule has 5 nitrogen and oxygen atoms in total. The van der Waals surface area contributed by atoms with Gasteiger partial charge >= 0.3 is 0 Å². The highest BCUT2D eigenvalue weighted by Gasteiger charge is 2.43. The zero-order valence-corrected chi connectivity index (χ0v) is 7.39. The van der Waals surface area contributed by atoms with Crippen LogP contribution in [0.4, 0.5) is 0 Å². The molecule has 1 heterocycles. The largest absolute Gasteiger partial charge is 0.396 e. The van der Waals surface area contributed by atoms with Crippen LogP contribution in [-0.4, -0.2) is 51.6 Å². The van der Waals surface area contributed by atoms with Crippen LogP contribution in [0, 0.1) is 0 Å². The van der Waals surface area contributed by atoms with E-state index < -0.39 is 18.0 Å². The topological polar surface area (TPSA) is 90.2 Å². The van der Waals surface area contributed by atoms with Crippen LogP contribution in [0.1, 0.15) is 19.3 Å². The van der Waals surface area contributed by atoms with Crippen LogP contribution in [0.3, 0.4) is 0 Å². The lowest BCUT2D eigenvalue weighted by Gasteiger charge is -2.39. The van der Waals surface area contributed by atoms with Crippen LogP contribution in [-0.2, 0) is 4.74 Å². The molecule has 0 saturated carbocycles. The van der Waals surface area contributed by atoms with E-state index >= 15 is 0 Å². The first kappa shape index (κ1) is 10.9. The smallest absolute Gasteiger partial charge is 0.183 e. The molecule has 0 aliphatic carbocycles. The highest BCUT2D eigenvalue weighted by atomic mass is 16.6. The molecular formula is C8H16O5. The summed E-state index contributed by atoms with van der Waals surface area (Å²) in [7, 11) is 0. The first-order valence-electron chi connectivity index (χ1n) is 4.41. The number of aliphatic hydroxyl groups excluding tert-OH is 3. The second-order valence-electron chi connectivity index (χ2n) is 3.39. The van der Waals surface area contributed by atoms with E-state index in [-0.39, 0.29) is 26.1 Å². The Labute approximate surface area is 76.6 Å². The van der Waals surface area contributed by atoms with Crippen LogP contribution in [0.2, 0.25) is 0 Å². The second kappa shape index (κ2) is 4.34. The van der Waals surface area contributed by atoms with Crippen molar-refractivity contribution in [3.8, 4) is 0 Å². The van der Waals surface area contributed by atoms with Gasteiger partial charge in [0.25, 0.3) is 0 Å². The van der Waals surface area contributed by atoms with Crippen molar-refractivity contribution in [2.75, 3.05) is 13.2 Å². The van der Waals surface area contributed by atoms with Crippen molar-refractivity contribution in [3.63, 3.8) is 0 Å². The number of hydrogen-bond donors (Lipinski definition) is 4. The summed E-state index contributed by atoms with van der Waals surface area (Å²) in [5.41, 5.74) is -1.32. The van der Waals surface area contributed by atoms with Crippen molar-refractivity contribution >= 4 is 0 Å². The maximum absolute atomic E-state index is 9.84. The van der Waals surface area contributed by atoms with E-state index in [2.05, 4.69) is 0 Å². The van der Waals surface area contributed by atoms with E-state index in [4.69, 9.17) is 14.9 Å². The van der Waals surface area contributed by atoms with Gasteiger partial charge in [0.1, 0.15) is 6.10 Å². The van der Waals surface area contributed by atoms with Crippen molar-refractivity contribution in [1.29, 1.82) is 0 Å². The Morgan fingerprint density at radius 3 is 2.69 bits per heavy atom. The van der Waals surface area contributed by atoms with Gasteiger partial charge in [-0.15, -0.1) is 0 Å². The lowest BCUT2D eigenvalue weighted by Crippen LogP contribution is -2.54. The molecule has 3 unspecified atom stereocenters. The van der Waals surface area contributed by atoms with Gasteiger partial charge in [-0.25, -0.2) is 0 Å². The molecule has 1 aliphatic heterocycles. The first-order chi connectivity index (χ1) is 6.10. The predicted octanol–water partition coefficient (Wildman–Crippen LogP) is -1.41. The fourth-order valence-corrected chi connectivity index (χ4v) is 1.52. The third-order valence-corrected chi connectivity index (χ3v) is 2.41. The Hall–Kier alpha value is -0.200. The molecule has 0 radical (unpaired) electrons. The van der Waals surface area contributed by atoms with Gasteiger partial charge in [0.15, 0.2) is 6.29 Å². The molecule has 1 rings (SSSR count). The van der Waals surface area contributed by atoms with Gasteiger partial charge < -0.3 is 25.2 Å². The summed E-state index contributed by atoms with van der Waals surface area (Å²) >= 11 is 0. The molecular weight excluding hydrogens is 176 g/mol. The molecule has 3 atom stereocenters. The molecule has 0 bridgehead atoms. The standard InChI is InChI=1S/C8H16O5/c9-4-1-2-8(12)3-5-13-7(11)6(8)10/h6-7,9-12H,1-5H2. The summed E-state index contributed by atoms with van der Waals surface area (Å²) in [5.74, 6) is 0. The van der Waals surface area contributed by atoms with Gasteiger partial charge in [-0.05, 0) is 12.8 Å². The van der Waals surface area contributed by atoms with E-state index in [1.165, 1.54) is 0 Å². The molecule has 78 valence electrons. The van der Waals surface area contributed by atoms with Crippen LogP contribution >= 0.6 is 0 Å². The molecule has 0 aromatic carbocycles. The fourth-order valence-electron chi connectivity index (χ4n) is 1.52. The highest BCUT2D eigenvalue weighted by molar-refractivity contribution is 4.90. The minimum absolute atomic E-state index is 0.0357. The SMILES string of the molecule is OCCCC1(O)CCOC(O)C1O. The monoisotopic (exact) mass is 192 g/mol. The molecule has 1 aliphatic rings. The van der Waals surface area contributed by atoms with Gasteiger partial charge in [0.2, 0.25) is 0 Å². The van der Waals surface area contributed by atoms with E-state index in [1.54, 1.807) is 0 Å². The van der Waals surface area contributed by atoms with Gasteiger partial charge in [-0.1, -0.05) is 0 Å². The number of ether oxygens (including phenoxy) is 1.